The molecule has 2 aromatic rings. The molecule has 16 heavy (non-hydrogen) atoms. The molecule has 2 rings (SSSR count). The number of alkyl halides is 4. The summed E-state index contributed by atoms with van der Waals surface area (Å²) < 4.78 is 44.8. The van der Waals surface area contributed by atoms with Crippen molar-refractivity contribution in [2.45, 2.75) is 11.7 Å². The van der Waals surface area contributed by atoms with Crippen molar-refractivity contribution in [3.05, 3.63) is 24.1 Å². The van der Waals surface area contributed by atoms with Gasteiger partial charge in [0.15, 0.2) is 5.58 Å². The number of hydrogen-bond acceptors (Lipinski definition) is 3. The molecule has 0 N–H and O–H groups in total. The van der Waals surface area contributed by atoms with Gasteiger partial charge in [0, 0.05) is 6.07 Å². The van der Waals surface area contributed by atoms with Gasteiger partial charge >= 0.3 is 6.36 Å². The van der Waals surface area contributed by atoms with Crippen LogP contribution in [0.15, 0.2) is 22.6 Å². The highest BCUT2D eigenvalue weighted by molar-refractivity contribution is 9.08. The monoisotopic (exact) mass is 295 g/mol. The van der Waals surface area contributed by atoms with Gasteiger partial charge in [-0.05, 0) is 12.1 Å². The lowest BCUT2D eigenvalue weighted by Crippen LogP contribution is -2.16. The van der Waals surface area contributed by atoms with E-state index in [0.717, 1.165) is 0 Å². The highest BCUT2D eigenvalue weighted by atomic mass is 79.9. The fraction of sp³-hybridized carbons (Fsp3) is 0.222. The van der Waals surface area contributed by atoms with Crippen molar-refractivity contribution in [1.29, 1.82) is 0 Å². The van der Waals surface area contributed by atoms with Gasteiger partial charge < -0.3 is 9.15 Å². The van der Waals surface area contributed by atoms with E-state index in [-0.39, 0.29) is 5.75 Å². The van der Waals surface area contributed by atoms with Gasteiger partial charge in [0.05, 0.1) is 5.33 Å². The Morgan fingerprint density at radius 2 is 2.12 bits per heavy atom. The van der Waals surface area contributed by atoms with E-state index < -0.39 is 6.36 Å². The van der Waals surface area contributed by atoms with Gasteiger partial charge in [0.2, 0.25) is 5.89 Å². The number of benzene rings is 1. The summed E-state index contributed by atoms with van der Waals surface area (Å²) in [5, 5.41) is 0.400. The number of oxazole rings is 1. The van der Waals surface area contributed by atoms with Crippen molar-refractivity contribution in [1.82, 2.24) is 4.98 Å². The minimum absolute atomic E-state index is 0.311. The third-order valence-electron chi connectivity index (χ3n) is 1.75. The molecule has 3 nitrogen and oxygen atoms in total. The van der Waals surface area contributed by atoms with E-state index >= 15 is 0 Å². The maximum absolute atomic E-state index is 11.9. The molecule has 0 radical (unpaired) electrons. The standard InChI is InChI=1S/C9H5BrF3NO2/c10-4-8-14-6-3-5(16-9(11,12)13)1-2-7(6)15-8/h1-3H,4H2. The average molecular weight is 296 g/mol. The summed E-state index contributed by atoms with van der Waals surface area (Å²) in [7, 11) is 0. The lowest BCUT2D eigenvalue weighted by atomic mass is 10.3. The predicted molar refractivity (Wildman–Crippen MR) is 53.3 cm³/mol. The predicted octanol–water partition coefficient (Wildman–Crippen LogP) is 3.62. The molecule has 0 spiro atoms. The average Bonchev–Trinajstić information content (AvgIpc) is 2.57. The molecular weight excluding hydrogens is 291 g/mol. The molecule has 1 heterocycles. The second-order valence-corrected chi connectivity index (χ2v) is 3.48. The minimum atomic E-state index is -4.70. The Morgan fingerprint density at radius 1 is 1.38 bits per heavy atom. The highest BCUT2D eigenvalue weighted by Crippen LogP contribution is 2.26. The van der Waals surface area contributed by atoms with Crippen molar-refractivity contribution < 1.29 is 22.3 Å². The van der Waals surface area contributed by atoms with Gasteiger partial charge in [-0.15, -0.1) is 13.2 Å². The van der Waals surface area contributed by atoms with Crippen LogP contribution in [0.3, 0.4) is 0 Å². The molecule has 0 aliphatic carbocycles. The Bertz CT molecular complexity index is 509. The van der Waals surface area contributed by atoms with E-state index in [4.69, 9.17) is 4.42 Å². The summed E-state index contributed by atoms with van der Waals surface area (Å²) in [6, 6.07) is 3.74. The van der Waals surface area contributed by atoms with Crippen molar-refractivity contribution in [3.63, 3.8) is 0 Å². The lowest BCUT2D eigenvalue weighted by molar-refractivity contribution is -0.274. The fourth-order valence-corrected chi connectivity index (χ4v) is 1.45. The molecule has 86 valence electrons. The summed E-state index contributed by atoms with van der Waals surface area (Å²) in [4.78, 5) is 3.96. The molecule has 0 atom stereocenters. The maximum Gasteiger partial charge on any atom is 0.573 e. The molecule has 0 saturated carbocycles. The number of nitrogens with zero attached hydrogens (tertiary/aromatic N) is 1. The van der Waals surface area contributed by atoms with Crippen molar-refractivity contribution >= 4 is 27.0 Å². The quantitative estimate of drug-likeness (QED) is 0.794. The normalized spacial score (nSPS) is 12.0. The molecular formula is C9H5BrF3NO2. The summed E-state index contributed by atoms with van der Waals surface area (Å²) in [6.45, 7) is 0. The van der Waals surface area contributed by atoms with E-state index in [1.54, 1.807) is 0 Å². The molecule has 0 saturated heterocycles. The van der Waals surface area contributed by atoms with Gasteiger partial charge in [-0.3, -0.25) is 0 Å². The molecule has 0 bridgehead atoms. The molecule has 0 aliphatic heterocycles. The third-order valence-corrected chi connectivity index (χ3v) is 2.23. The number of fused-ring (bicyclic) bond motifs is 1. The van der Waals surface area contributed by atoms with Crippen molar-refractivity contribution in [2.75, 3.05) is 0 Å². The van der Waals surface area contributed by atoms with E-state index in [9.17, 15) is 13.2 Å². The van der Waals surface area contributed by atoms with Gasteiger partial charge in [-0.1, -0.05) is 15.9 Å². The van der Waals surface area contributed by atoms with Crippen LogP contribution >= 0.6 is 15.9 Å². The molecule has 0 unspecified atom stereocenters. The van der Waals surface area contributed by atoms with Crippen LogP contribution in [-0.2, 0) is 5.33 Å². The Balaban J connectivity index is 2.36. The molecule has 7 heteroatoms. The Morgan fingerprint density at radius 3 is 2.75 bits per heavy atom. The van der Waals surface area contributed by atoms with Gasteiger partial charge in [-0.2, -0.15) is 0 Å². The van der Waals surface area contributed by atoms with E-state index in [0.29, 0.717) is 22.3 Å². The number of halogens is 4. The first-order chi connectivity index (χ1) is 7.48. The third kappa shape index (κ3) is 2.46. The first-order valence-corrected chi connectivity index (χ1v) is 5.31. The van der Waals surface area contributed by atoms with E-state index in [2.05, 4.69) is 25.7 Å². The van der Waals surface area contributed by atoms with Gasteiger partial charge in [-0.25, -0.2) is 4.98 Å². The van der Waals surface area contributed by atoms with Crippen LogP contribution in [-0.4, -0.2) is 11.3 Å². The molecule has 0 fully saturated rings. The fourth-order valence-electron chi connectivity index (χ4n) is 1.21. The van der Waals surface area contributed by atoms with Gasteiger partial charge in [0.25, 0.3) is 0 Å². The molecule has 0 amide bonds. The zero-order valence-corrected chi connectivity index (χ0v) is 9.30. The number of aromatic nitrogens is 1. The van der Waals surface area contributed by atoms with Crippen molar-refractivity contribution in [2.24, 2.45) is 0 Å². The summed E-state index contributed by atoms with van der Waals surface area (Å²) in [5.41, 5.74) is 0.750. The van der Waals surface area contributed by atoms with E-state index in [1.165, 1.54) is 18.2 Å². The zero-order valence-electron chi connectivity index (χ0n) is 7.71. The second kappa shape index (κ2) is 3.97. The number of rotatable bonds is 2. The van der Waals surface area contributed by atoms with Crippen molar-refractivity contribution in [3.8, 4) is 5.75 Å². The van der Waals surface area contributed by atoms with Crippen LogP contribution in [0.4, 0.5) is 13.2 Å². The molecule has 1 aromatic carbocycles. The van der Waals surface area contributed by atoms with Crippen LogP contribution < -0.4 is 4.74 Å². The first-order valence-electron chi connectivity index (χ1n) is 4.19. The Labute approximate surface area is 96.3 Å². The SMILES string of the molecule is FC(F)(F)Oc1ccc2oc(CBr)nc2c1. The van der Waals surface area contributed by atoms with Crippen LogP contribution in [0.25, 0.3) is 11.1 Å². The Hall–Kier alpha value is -1.24. The highest BCUT2D eigenvalue weighted by Gasteiger charge is 2.31. The number of ether oxygens (including phenoxy) is 1. The first kappa shape index (κ1) is 11.3. The lowest BCUT2D eigenvalue weighted by Gasteiger charge is -2.07. The zero-order chi connectivity index (χ0) is 11.8. The van der Waals surface area contributed by atoms with Crippen LogP contribution in [0, 0.1) is 0 Å². The smallest absolute Gasteiger partial charge is 0.440 e. The largest absolute Gasteiger partial charge is 0.573 e. The summed E-state index contributed by atoms with van der Waals surface area (Å²) in [5.74, 6) is 0.0913. The minimum Gasteiger partial charge on any atom is -0.440 e. The molecule has 1 aromatic heterocycles. The van der Waals surface area contributed by atoms with Crippen LogP contribution in [0.2, 0.25) is 0 Å². The number of hydrogen-bond donors (Lipinski definition) is 0. The van der Waals surface area contributed by atoms with Crippen LogP contribution in [0.5, 0.6) is 5.75 Å². The second-order valence-electron chi connectivity index (χ2n) is 2.92. The van der Waals surface area contributed by atoms with E-state index in [1.807, 2.05) is 0 Å². The van der Waals surface area contributed by atoms with Crippen LogP contribution in [0.1, 0.15) is 5.89 Å². The maximum atomic E-state index is 11.9. The topological polar surface area (TPSA) is 35.3 Å². The molecule has 0 aliphatic rings. The Kier molecular flexibility index (Phi) is 2.79. The summed E-state index contributed by atoms with van der Waals surface area (Å²) >= 11 is 3.14. The summed E-state index contributed by atoms with van der Waals surface area (Å²) in [6.07, 6.45) is -4.70. The van der Waals surface area contributed by atoms with Gasteiger partial charge in [0.1, 0.15) is 11.3 Å².